The maximum atomic E-state index is 10.4. The van der Waals surface area contributed by atoms with E-state index in [1.54, 1.807) is 6.92 Å². The van der Waals surface area contributed by atoms with Crippen molar-refractivity contribution in [2.75, 3.05) is 6.67 Å². The smallest absolute Gasteiger partial charge is 0.221 e. The maximum Gasteiger partial charge on any atom is 0.221 e. The van der Waals surface area contributed by atoms with Crippen molar-refractivity contribution < 1.29 is 9.59 Å². The number of amides is 2. The van der Waals surface area contributed by atoms with Crippen molar-refractivity contribution >= 4 is 12.3 Å². The van der Waals surface area contributed by atoms with Crippen LogP contribution < -0.4 is 10.6 Å². The highest BCUT2D eigenvalue weighted by Crippen LogP contribution is 1.70. The van der Waals surface area contributed by atoms with E-state index in [4.69, 9.17) is 0 Å². The Balaban J connectivity index is 3.06. The molecule has 0 aliphatic rings. The molecule has 0 aliphatic carbocycles. The maximum absolute atomic E-state index is 10.4. The number of carbonyl (C=O) groups is 2. The van der Waals surface area contributed by atoms with Gasteiger partial charge < -0.3 is 10.6 Å². The van der Waals surface area contributed by atoms with Gasteiger partial charge in [0.2, 0.25) is 12.3 Å². The normalized spacial score (nSPS) is 8.11. The lowest BCUT2D eigenvalue weighted by Gasteiger charge is -1.99. The Bertz CT molecular complexity index is 103. The van der Waals surface area contributed by atoms with E-state index in [2.05, 4.69) is 10.6 Å². The molecule has 0 aromatic carbocycles. The van der Waals surface area contributed by atoms with Crippen LogP contribution in [0.25, 0.3) is 0 Å². The summed E-state index contributed by atoms with van der Waals surface area (Å²) in [5, 5.41) is 4.75. The lowest BCUT2D eigenvalue weighted by molar-refractivity contribution is -0.120. The molecule has 4 nitrogen and oxygen atoms in total. The van der Waals surface area contributed by atoms with E-state index in [9.17, 15) is 9.59 Å². The molecule has 0 rings (SSSR count). The molecule has 0 heterocycles. The van der Waals surface area contributed by atoms with Crippen molar-refractivity contribution in [3.63, 3.8) is 0 Å². The van der Waals surface area contributed by atoms with Gasteiger partial charge in [-0.05, 0) is 0 Å². The number of carbonyl (C=O) groups excluding carboxylic acids is 2. The van der Waals surface area contributed by atoms with Crippen LogP contribution in [-0.2, 0) is 9.59 Å². The highest BCUT2D eigenvalue weighted by molar-refractivity contribution is 5.75. The quantitative estimate of drug-likeness (QED) is 0.298. The molecule has 0 unspecified atom stereocenters. The minimum atomic E-state index is -0.0654. The molecule has 52 valence electrons. The SMILES string of the molecule is CCC(=O)NCNC=O. The zero-order chi connectivity index (χ0) is 7.11. The third-order valence-corrected chi connectivity index (χ3v) is 0.792. The van der Waals surface area contributed by atoms with Crippen molar-refractivity contribution in [2.24, 2.45) is 0 Å². The van der Waals surface area contributed by atoms with Crippen molar-refractivity contribution in [1.29, 1.82) is 0 Å². The first-order valence-electron chi connectivity index (χ1n) is 2.75. The first-order valence-corrected chi connectivity index (χ1v) is 2.75. The van der Waals surface area contributed by atoms with Gasteiger partial charge in [-0.15, -0.1) is 0 Å². The van der Waals surface area contributed by atoms with Crippen LogP contribution in [0, 0.1) is 0 Å². The predicted molar refractivity (Wildman–Crippen MR) is 32.5 cm³/mol. The van der Waals surface area contributed by atoms with Crippen LogP contribution >= 0.6 is 0 Å². The largest absolute Gasteiger partial charge is 0.341 e. The van der Waals surface area contributed by atoms with Crippen LogP contribution in [0.1, 0.15) is 13.3 Å². The molecule has 2 amide bonds. The number of nitrogens with one attached hydrogen (secondary N) is 2. The molecule has 0 spiro atoms. The summed E-state index contributed by atoms with van der Waals surface area (Å²) >= 11 is 0. The molecule has 0 aromatic heterocycles. The van der Waals surface area contributed by atoms with Gasteiger partial charge in [-0.3, -0.25) is 9.59 Å². The van der Waals surface area contributed by atoms with E-state index >= 15 is 0 Å². The summed E-state index contributed by atoms with van der Waals surface area (Å²) in [4.78, 5) is 20.0. The van der Waals surface area contributed by atoms with Crippen LogP contribution in [0.4, 0.5) is 0 Å². The second-order valence-corrected chi connectivity index (χ2v) is 1.45. The van der Waals surface area contributed by atoms with E-state index in [1.807, 2.05) is 0 Å². The zero-order valence-corrected chi connectivity index (χ0v) is 5.31. The van der Waals surface area contributed by atoms with Gasteiger partial charge in [0.15, 0.2) is 0 Å². The van der Waals surface area contributed by atoms with Gasteiger partial charge >= 0.3 is 0 Å². The molecule has 0 bridgehead atoms. The number of hydrogen-bond donors (Lipinski definition) is 2. The van der Waals surface area contributed by atoms with Crippen molar-refractivity contribution in [1.82, 2.24) is 10.6 Å². The summed E-state index contributed by atoms with van der Waals surface area (Å²) in [5.74, 6) is -0.0654. The fourth-order valence-electron chi connectivity index (χ4n) is 0.316. The molecule has 0 fully saturated rings. The van der Waals surface area contributed by atoms with Crippen LogP contribution in [-0.4, -0.2) is 19.0 Å². The van der Waals surface area contributed by atoms with Gasteiger partial charge in [0.25, 0.3) is 0 Å². The highest BCUT2D eigenvalue weighted by atomic mass is 16.2. The molecule has 9 heavy (non-hydrogen) atoms. The van der Waals surface area contributed by atoms with Gasteiger partial charge in [-0.1, -0.05) is 6.92 Å². The van der Waals surface area contributed by atoms with E-state index in [1.165, 1.54) is 0 Å². The second kappa shape index (κ2) is 5.08. The molecular weight excluding hydrogens is 120 g/mol. The molecule has 2 N–H and O–H groups in total. The van der Waals surface area contributed by atoms with Crippen molar-refractivity contribution in [3.05, 3.63) is 0 Å². The Hall–Kier alpha value is -1.06. The second-order valence-electron chi connectivity index (χ2n) is 1.45. The van der Waals surface area contributed by atoms with Gasteiger partial charge in [-0.25, -0.2) is 0 Å². The number of rotatable bonds is 4. The Morgan fingerprint density at radius 2 is 2.33 bits per heavy atom. The van der Waals surface area contributed by atoms with E-state index < -0.39 is 0 Å². The average Bonchev–Trinajstić information content (AvgIpc) is 1.89. The standard InChI is InChI=1S/C5H10N2O2/c1-2-5(9)7-3-6-4-8/h4H,2-3H2,1H3,(H,6,8)(H,7,9). The van der Waals surface area contributed by atoms with E-state index in [0.29, 0.717) is 12.8 Å². The summed E-state index contributed by atoms with van der Waals surface area (Å²) < 4.78 is 0. The third kappa shape index (κ3) is 4.80. The minimum absolute atomic E-state index is 0.0654. The third-order valence-electron chi connectivity index (χ3n) is 0.792. The lowest BCUT2D eigenvalue weighted by Crippen LogP contribution is -2.32. The van der Waals surface area contributed by atoms with Crippen LogP contribution in [0.2, 0.25) is 0 Å². The fraction of sp³-hybridized carbons (Fsp3) is 0.600. The summed E-state index contributed by atoms with van der Waals surface area (Å²) in [7, 11) is 0. The summed E-state index contributed by atoms with van der Waals surface area (Å²) in [5.41, 5.74) is 0. The Kier molecular flexibility index (Phi) is 4.49. The minimum Gasteiger partial charge on any atom is -0.341 e. The van der Waals surface area contributed by atoms with Crippen LogP contribution in [0.5, 0.6) is 0 Å². The molecule has 0 aromatic rings. The Labute approximate surface area is 53.6 Å². The molecule has 4 heteroatoms. The highest BCUT2D eigenvalue weighted by Gasteiger charge is 1.91. The average molecular weight is 130 g/mol. The van der Waals surface area contributed by atoms with Crippen molar-refractivity contribution in [3.8, 4) is 0 Å². The molecular formula is C5H10N2O2. The van der Waals surface area contributed by atoms with Crippen LogP contribution in [0.15, 0.2) is 0 Å². The fourth-order valence-corrected chi connectivity index (χ4v) is 0.316. The predicted octanol–water partition coefficient (Wildman–Crippen LogP) is -0.784. The van der Waals surface area contributed by atoms with Crippen molar-refractivity contribution in [2.45, 2.75) is 13.3 Å². The molecule has 0 radical (unpaired) electrons. The lowest BCUT2D eigenvalue weighted by atomic mass is 10.5. The summed E-state index contributed by atoms with van der Waals surface area (Å²) in [6.07, 6.45) is 0.983. The van der Waals surface area contributed by atoms with Gasteiger partial charge in [-0.2, -0.15) is 0 Å². The molecule has 0 aliphatic heterocycles. The molecule has 0 atom stereocenters. The van der Waals surface area contributed by atoms with Gasteiger partial charge in [0.1, 0.15) is 0 Å². The van der Waals surface area contributed by atoms with E-state index in [0.717, 1.165) is 0 Å². The first kappa shape index (κ1) is 7.94. The number of hydrogen-bond acceptors (Lipinski definition) is 2. The van der Waals surface area contributed by atoms with Crippen LogP contribution in [0.3, 0.4) is 0 Å². The van der Waals surface area contributed by atoms with E-state index in [-0.39, 0.29) is 12.6 Å². The van der Waals surface area contributed by atoms with Gasteiger partial charge in [0, 0.05) is 6.42 Å². The summed E-state index contributed by atoms with van der Waals surface area (Å²) in [6, 6.07) is 0. The van der Waals surface area contributed by atoms with Gasteiger partial charge in [0.05, 0.1) is 6.67 Å². The molecule has 0 saturated heterocycles. The zero-order valence-electron chi connectivity index (χ0n) is 5.31. The Morgan fingerprint density at radius 1 is 1.67 bits per heavy atom. The topological polar surface area (TPSA) is 58.2 Å². The summed E-state index contributed by atoms with van der Waals surface area (Å²) in [6.45, 7) is 1.96. The monoisotopic (exact) mass is 130 g/mol. The molecule has 0 saturated carbocycles. The Morgan fingerprint density at radius 3 is 2.78 bits per heavy atom. The first-order chi connectivity index (χ1) is 4.31.